The molecule has 1 N–H and O–H groups in total. The van der Waals surface area contributed by atoms with Crippen LogP contribution in [0.5, 0.6) is 17.2 Å². The minimum atomic E-state index is 0.190. The van der Waals surface area contributed by atoms with Crippen LogP contribution < -0.4 is 14.2 Å². The third-order valence-corrected chi connectivity index (χ3v) is 5.49. The Morgan fingerprint density at radius 2 is 1.55 bits per heavy atom. The standard InChI is InChI=1S/C23H32N2O4/c1-27-21-6-4-5-18(11-21)15-24-8-9-25(20(17-24)7-10-26)16-19-12-22(28-2)14-23(13-19)29-3/h4-6,11-14,20,26H,7-10,15-17H2,1-3H3/t20-/m0/s1. The number of ether oxygens (including phenoxy) is 3. The molecule has 1 aliphatic rings. The highest BCUT2D eigenvalue weighted by molar-refractivity contribution is 5.38. The lowest BCUT2D eigenvalue weighted by molar-refractivity contribution is 0.0499. The molecular formula is C23H32N2O4. The van der Waals surface area contributed by atoms with Crippen molar-refractivity contribution in [1.29, 1.82) is 0 Å². The zero-order chi connectivity index (χ0) is 20.6. The first kappa shape index (κ1) is 21.4. The van der Waals surface area contributed by atoms with Gasteiger partial charge >= 0.3 is 0 Å². The Morgan fingerprint density at radius 1 is 0.862 bits per heavy atom. The molecule has 0 unspecified atom stereocenters. The van der Waals surface area contributed by atoms with E-state index in [4.69, 9.17) is 14.2 Å². The fraction of sp³-hybridized carbons (Fsp3) is 0.478. The summed E-state index contributed by atoms with van der Waals surface area (Å²) in [7, 11) is 5.04. The van der Waals surface area contributed by atoms with Crippen molar-refractivity contribution in [3.05, 3.63) is 53.6 Å². The molecule has 0 bridgehead atoms. The van der Waals surface area contributed by atoms with Crippen LogP contribution in [0.1, 0.15) is 17.5 Å². The summed E-state index contributed by atoms with van der Waals surface area (Å²) < 4.78 is 16.2. The van der Waals surface area contributed by atoms with E-state index in [2.05, 4.69) is 34.1 Å². The maximum absolute atomic E-state index is 9.61. The summed E-state index contributed by atoms with van der Waals surface area (Å²) in [4.78, 5) is 4.91. The molecule has 29 heavy (non-hydrogen) atoms. The lowest BCUT2D eigenvalue weighted by atomic mass is 10.1. The molecule has 1 heterocycles. The number of piperazine rings is 1. The van der Waals surface area contributed by atoms with E-state index in [0.29, 0.717) is 6.04 Å². The Balaban J connectivity index is 1.67. The molecule has 0 amide bonds. The Bertz CT molecular complexity index is 761. The third-order valence-electron chi connectivity index (χ3n) is 5.49. The van der Waals surface area contributed by atoms with Gasteiger partial charge < -0.3 is 19.3 Å². The Morgan fingerprint density at radius 3 is 2.21 bits per heavy atom. The van der Waals surface area contributed by atoms with Gasteiger partial charge in [-0.05, 0) is 41.8 Å². The molecule has 3 rings (SSSR count). The predicted octanol–water partition coefficient (Wildman–Crippen LogP) is 2.78. The monoisotopic (exact) mass is 400 g/mol. The average molecular weight is 401 g/mol. The van der Waals surface area contributed by atoms with Crippen LogP contribution in [0.15, 0.2) is 42.5 Å². The van der Waals surface area contributed by atoms with Crippen molar-refractivity contribution in [2.45, 2.75) is 25.6 Å². The Hall–Kier alpha value is -2.28. The van der Waals surface area contributed by atoms with Crippen molar-refractivity contribution in [3.8, 4) is 17.2 Å². The van der Waals surface area contributed by atoms with Gasteiger partial charge in [0.15, 0.2) is 0 Å². The van der Waals surface area contributed by atoms with Crippen LogP contribution >= 0.6 is 0 Å². The number of methoxy groups -OCH3 is 3. The average Bonchev–Trinajstić information content (AvgIpc) is 2.75. The van der Waals surface area contributed by atoms with Crippen LogP contribution in [0.2, 0.25) is 0 Å². The molecule has 0 aliphatic carbocycles. The second kappa shape index (κ2) is 10.5. The molecular weight excluding hydrogens is 368 g/mol. The second-order valence-corrected chi connectivity index (χ2v) is 7.44. The van der Waals surface area contributed by atoms with Gasteiger partial charge in [0, 0.05) is 51.4 Å². The highest BCUT2D eigenvalue weighted by atomic mass is 16.5. The summed E-state index contributed by atoms with van der Waals surface area (Å²) in [5.74, 6) is 2.49. The Labute approximate surface area is 173 Å². The van der Waals surface area contributed by atoms with Gasteiger partial charge in [-0.3, -0.25) is 9.80 Å². The minimum absolute atomic E-state index is 0.190. The van der Waals surface area contributed by atoms with Crippen molar-refractivity contribution in [1.82, 2.24) is 9.80 Å². The number of aliphatic hydroxyl groups excluding tert-OH is 1. The zero-order valence-corrected chi connectivity index (χ0v) is 17.6. The molecule has 1 atom stereocenters. The van der Waals surface area contributed by atoms with Gasteiger partial charge in [-0.1, -0.05) is 12.1 Å². The van der Waals surface area contributed by atoms with E-state index < -0.39 is 0 Å². The highest BCUT2D eigenvalue weighted by Gasteiger charge is 2.27. The van der Waals surface area contributed by atoms with Crippen LogP contribution in [0.3, 0.4) is 0 Å². The van der Waals surface area contributed by atoms with Gasteiger partial charge in [-0.15, -0.1) is 0 Å². The van der Waals surface area contributed by atoms with Gasteiger partial charge in [0.25, 0.3) is 0 Å². The molecule has 0 saturated carbocycles. The van der Waals surface area contributed by atoms with Gasteiger partial charge in [-0.25, -0.2) is 0 Å². The summed E-state index contributed by atoms with van der Waals surface area (Å²) >= 11 is 0. The number of nitrogens with zero attached hydrogens (tertiary/aromatic N) is 2. The van der Waals surface area contributed by atoms with Crippen molar-refractivity contribution in [3.63, 3.8) is 0 Å². The van der Waals surface area contributed by atoms with Crippen molar-refractivity contribution in [2.24, 2.45) is 0 Å². The predicted molar refractivity (Wildman–Crippen MR) is 114 cm³/mol. The second-order valence-electron chi connectivity index (χ2n) is 7.44. The quantitative estimate of drug-likeness (QED) is 0.699. The van der Waals surface area contributed by atoms with E-state index in [1.165, 1.54) is 5.56 Å². The topological polar surface area (TPSA) is 54.4 Å². The molecule has 0 radical (unpaired) electrons. The number of hydrogen-bond donors (Lipinski definition) is 1. The van der Waals surface area contributed by atoms with E-state index in [1.54, 1.807) is 21.3 Å². The van der Waals surface area contributed by atoms with E-state index in [1.807, 2.05) is 18.2 Å². The minimum Gasteiger partial charge on any atom is -0.497 e. The first-order valence-corrected chi connectivity index (χ1v) is 10.1. The van der Waals surface area contributed by atoms with E-state index >= 15 is 0 Å². The molecule has 6 nitrogen and oxygen atoms in total. The fourth-order valence-electron chi connectivity index (χ4n) is 3.95. The lowest BCUT2D eigenvalue weighted by Crippen LogP contribution is -2.52. The fourth-order valence-corrected chi connectivity index (χ4v) is 3.95. The molecule has 2 aromatic carbocycles. The number of rotatable bonds is 9. The summed E-state index contributed by atoms with van der Waals surface area (Å²) in [5, 5.41) is 9.61. The van der Waals surface area contributed by atoms with E-state index in [-0.39, 0.29) is 6.61 Å². The van der Waals surface area contributed by atoms with Gasteiger partial charge in [0.2, 0.25) is 0 Å². The van der Waals surface area contributed by atoms with Crippen molar-refractivity contribution in [2.75, 3.05) is 47.6 Å². The molecule has 158 valence electrons. The first-order chi connectivity index (χ1) is 14.1. The van der Waals surface area contributed by atoms with Crippen LogP contribution in [0.25, 0.3) is 0 Å². The molecule has 1 aliphatic heterocycles. The summed E-state index contributed by atoms with van der Waals surface area (Å²) in [6.45, 7) is 4.76. The van der Waals surface area contributed by atoms with Gasteiger partial charge in [-0.2, -0.15) is 0 Å². The Kier molecular flexibility index (Phi) is 7.75. The number of benzene rings is 2. The van der Waals surface area contributed by atoms with Crippen LogP contribution in [0, 0.1) is 0 Å². The number of hydrogen-bond acceptors (Lipinski definition) is 6. The van der Waals surface area contributed by atoms with Crippen LogP contribution in [0.4, 0.5) is 0 Å². The third kappa shape index (κ3) is 5.85. The van der Waals surface area contributed by atoms with Crippen LogP contribution in [-0.4, -0.2) is 68.5 Å². The maximum Gasteiger partial charge on any atom is 0.122 e. The van der Waals surface area contributed by atoms with E-state index in [9.17, 15) is 5.11 Å². The molecule has 0 spiro atoms. The van der Waals surface area contributed by atoms with Gasteiger partial charge in [0.05, 0.1) is 21.3 Å². The first-order valence-electron chi connectivity index (χ1n) is 10.1. The molecule has 1 saturated heterocycles. The van der Waals surface area contributed by atoms with E-state index in [0.717, 1.165) is 62.0 Å². The highest BCUT2D eigenvalue weighted by Crippen LogP contribution is 2.25. The summed E-state index contributed by atoms with van der Waals surface area (Å²) in [5.41, 5.74) is 2.41. The normalized spacial score (nSPS) is 17.9. The van der Waals surface area contributed by atoms with Crippen molar-refractivity contribution < 1.29 is 19.3 Å². The SMILES string of the molecule is COc1cccc(CN2CCN(Cc3cc(OC)cc(OC)c3)[C@@H](CCO)C2)c1. The zero-order valence-electron chi connectivity index (χ0n) is 17.6. The molecule has 2 aromatic rings. The van der Waals surface area contributed by atoms with Crippen molar-refractivity contribution >= 4 is 0 Å². The molecule has 1 fully saturated rings. The smallest absolute Gasteiger partial charge is 0.122 e. The van der Waals surface area contributed by atoms with Crippen LogP contribution in [-0.2, 0) is 13.1 Å². The largest absolute Gasteiger partial charge is 0.497 e. The maximum atomic E-state index is 9.61. The number of aliphatic hydroxyl groups is 1. The summed E-state index contributed by atoms with van der Waals surface area (Å²) in [6.07, 6.45) is 0.760. The molecule has 0 aromatic heterocycles. The lowest BCUT2D eigenvalue weighted by Gasteiger charge is -2.41. The molecule has 6 heteroatoms. The van der Waals surface area contributed by atoms with Gasteiger partial charge in [0.1, 0.15) is 17.2 Å². The summed E-state index contributed by atoms with van der Waals surface area (Å²) in [6, 6.07) is 14.5.